The summed E-state index contributed by atoms with van der Waals surface area (Å²) in [4.78, 5) is 0. The van der Waals surface area contributed by atoms with Crippen LogP contribution in [0.4, 0.5) is 0 Å². The molecule has 1 N–H and O–H groups in total. The van der Waals surface area contributed by atoms with E-state index in [2.05, 4.69) is 59.3 Å². The Morgan fingerprint density at radius 3 is 2.50 bits per heavy atom. The summed E-state index contributed by atoms with van der Waals surface area (Å²) in [5.74, 6) is 0. The molecule has 0 bridgehead atoms. The lowest BCUT2D eigenvalue weighted by molar-refractivity contribution is -0.00000473. The fourth-order valence-corrected chi connectivity index (χ4v) is 4.12. The molecule has 1 aliphatic rings. The molecule has 1 fully saturated rings. The number of nitrogens with zero attached hydrogens (tertiary/aromatic N) is 1. The largest absolute Gasteiger partial charge is 1.00 e. The molecule has 1 aliphatic carbocycles. The van der Waals surface area contributed by atoms with Gasteiger partial charge in [-0.05, 0) is 43.5 Å². The van der Waals surface area contributed by atoms with Gasteiger partial charge in [0.2, 0.25) is 0 Å². The molecule has 1 aromatic heterocycles. The average molecular weight is 342 g/mol. The number of halogens is 1. The van der Waals surface area contributed by atoms with Crippen molar-refractivity contribution in [2.24, 2.45) is 0 Å². The summed E-state index contributed by atoms with van der Waals surface area (Å²) in [7, 11) is 0. The third kappa shape index (κ3) is 3.18. The number of nitrogens with one attached hydrogen (secondary N) is 1. The zero-order valence-electron chi connectivity index (χ0n) is 14.4. The molecule has 0 aliphatic heterocycles. The Bertz CT molecular complexity index is 815. The normalized spacial score (nSPS) is 15.7. The van der Waals surface area contributed by atoms with Crippen molar-refractivity contribution < 1.29 is 12.4 Å². The van der Waals surface area contributed by atoms with E-state index in [4.69, 9.17) is 0 Å². The molecular weight excluding hydrogens is 316 g/mol. The standard InChI is InChI=1S/C21H26N2.ClH/c1-2-23-20-11-7-6-10-18(20)19-14-16(12-13-21(19)23)15-22-17-8-4-3-5-9-17;/h6-7,10-14,17,22H,2-5,8-9,15H2,1H3;1H/p-1. The van der Waals surface area contributed by atoms with Crippen molar-refractivity contribution in [3.05, 3.63) is 48.0 Å². The van der Waals surface area contributed by atoms with E-state index < -0.39 is 0 Å². The molecule has 3 aromatic rings. The van der Waals surface area contributed by atoms with E-state index in [1.54, 1.807) is 0 Å². The second kappa shape index (κ2) is 7.58. The first-order valence-corrected chi connectivity index (χ1v) is 9.10. The molecule has 24 heavy (non-hydrogen) atoms. The quantitative estimate of drug-likeness (QED) is 0.770. The maximum atomic E-state index is 3.76. The molecule has 0 unspecified atom stereocenters. The first-order chi connectivity index (χ1) is 11.4. The number of benzene rings is 2. The molecule has 0 amide bonds. The highest BCUT2D eigenvalue weighted by Crippen LogP contribution is 2.29. The van der Waals surface area contributed by atoms with Gasteiger partial charge in [-0.2, -0.15) is 0 Å². The van der Waals surface area contributed by atoms with E-state index in [1.165, 1.54) is 59.5 Å². The van der Waals surface area contributed by atoms with Crippen LogP contribution in [0.5, 0.6) is 0 Å². The molecule has 1 saturated carbocycles. The van der Waals surface area contributed by atoms with Crippen molar-refractivity contribution in [2.45, 2.75) is 58.2 Å². The van der Waals surface area contributed by atoms with Crippen LogP contribution in [0.2, 0.25) is 0 Å². The third-order valence-electron chi connectivity index (χ3n) is 5.35. The van der Waals surface area contributed by atoms with Gasteiger partial charge in [0.05, 0.1) is 0 Å². The van der Waals surface area contributed by atoms with E-state index >= 15 is 0 Å². The number of hydrogen-bond acceptors (Lipinski definition) is 1. The monoisotopic (exact) mass is 341 g/mol. The van der Waals surface area contributed by atoms with Crippen molar-refractivity contribution in [2.75, 3.05) is 0 Å². The minimum Gasteiger partial charge on any atom is -1.00 e. The zero-order valence-corrected chi connectivity index (χ0v) is 15.1. The smallest absolute Gasteiger partial charge is 0.0491 e. The Hall–Kier alpha value is -1.51. The molecule has 128 valence electrons. The van der Waals surface area contributed by atoms with Crippen LogP contribution in [-0.2, 0) is 13.1 Å². The number of rotatable bonds is 4. The summed E-state index contributed by atoms with van der Waals surface area (Å²) < 4.78 is 2.42. The van der Waals surface area contributed by atoms with Gasteiger partial charge in [-0.1, -0.05) is 43.5 Å². The van der Waals surface area contributed by atoms with Crippen molar-refractivity contribution in [3.8, 4) is 0 Å². The van der Waals surface area contributed by atoms with Gasteiger partial charge >= 0.3 is 0 Å². The molecule has 1 heterocycles. The highest BCUT2D eigenvalue weighted by molar-refractivity contribution is 6.08. The SMILES string of the molecule is CCn1c2ccccc2c2cc(CNC3CCCCC3)ccc21.[Cl-]. The highest BCUT2D eigenvalue weighted by atomic mass is 35.5. The molecule has 0 spiro atoms. The van der Waals surface area contributed by atoms with E-state index in [0.29, 0.717) is 0 Å². The van der Waals surface area contributed by atoms with Crippen molar-refractivity contribution >= 4 is 21.8 Å². The molecular formula is C21H26ClN2-. The van der Waals surface area contributed by atoms with Crippen LogP contribution in [0.25, 0.3) is 21.8 Å². The molecule has 0 atom stereocenters. The second-order valence-corrected chi connectivity index (χ2v) is 6.83. The van der Waals surface area contributed by atoms with Gasteiger partial charge in [-0.25, -0.2) is 0 Å². The maximum absolute atomic E-state index is 3.76. The van der Waals surface area contributed by atoms with E-state index in [1.807, 2.05) is 0 Å². The summed E-state index contributed by atoms with van der Waals surface area (Å²) >= 11 is 0. The summed E-state index contributed by atoms with van der Waals surface area (Å²) in [6, 6.07) is 16.5. The van der Waals surface area contributed by atoms with Gasteiger partial charge < -0.3 is 22.3 Å². The minimum atomic E-state index is 0. The Labute approximate surface area is 150 Å². The number of aromatic nitrogens is 1. The number of fused-ring (bicyclic) bond motifs is 3. The topological polar surface area (TPSA) is 17.0 Å². The summed E-state index contributed by atoms with van der Waals surface area (Å²) in [5, 5.41) is 6.54. The van der Waals surface area contributed by atoms with Crippen LogP contribution in [0.3, 0.4) is 0 Å². The maximum Gasteiger partial charge on any atom is 0.0491 e. The van der Waals surface area contributed by atoms with Gasteiger partial charge in [0.15, 0.2) is 0 Å². The highest BCUT2D eigenvalue weighted by Gasteiger charge is 2.13. The van der Waals surface area contributed by atoms with Gasteiger partial charge in [-0.3, -0.25) is 0 Å². The molecule has 4 rings (SSSR count). The fraction of sp³-hybridized carbons (Fsp3) is 0.429. The molecule has 3 heteroatoms. The average Bonchev–Trinajstić information content (AvgIpc) is 2.94. The minimum absolute atomic E-state index is 0. The van der Waals surface area contributed by atoms with E-state index in [-0.39, 0.29) is 12.4 Å². The summed E-state index contributed by atoms with van der Waals surface area (Å²) in [5.41, 5.74) is 4.11. The molecule has 0 radical (unpaired) electrons. The fourth-order valence-electron chi connectivity index (χ4n) is 4.12. The Kier molecular flexibility index (Phi) is 5.47. The lowest BCUT2D eigenvalue weighted by Crippen LogP contribution is -3.00. The molecule has 2 nitrogen and oxygen atoms in total. The first kappa shape index (κ1) is 17.3. The van der Waals surface area contributed by atoms with Crippen LogP contribution < -0.4 is 17.7 Å². The summed E-state index contributed by atoms with van der Waals surface area (Å²) in [6.07, 6.45) is 6.89. The van der Waals surface area contributed by atoms with Crippen molar-refractivity contribution in [1.29, 1.82) is 0 Å². The predicted octanol–water partition coefficient (Wildman–Crippen LogP) is 2.24. The predicted molar refractivity (Wildman–Crippen MR) is 98.8 cm³/mol. The zero-order chi connectivity index (χ0) is 15.6. The molecule has 0 saturated heterocycles. The van der Waals surface area contributed by atoms with E-state index in [0.717, 1.165) is 19.1 Å². The second-order valence-electron chi connectivity index (χ2n) is 6.83. The number of aryl methyl sites for hydroxylation is 1. The van der Waals surface area contributed by atoms with Gasteiger partial charge in [0.1, 0.15) is 0 Å². The first-order valence-electron chi connectivity index (χ1n) is 9.10. The molecule has 2 aromatic carbocycles. The van der Waals surface area contributed by atoms with Gasteiger partial charge in [-0.15, -0.1) is 0 Å². The van der Waals surface area contributed by atoms with Crippen LogP contribution in [0.15, 0.2) is 42.5 Å². The van der Waals surface area contributed by atoms with Gasteiger partial charge in [0.25, 0.3) is 0 Å². The summed E-state index contributed by atoms with van der Waals surface area (Å²) in [6.45, 7) is 4.24. The van der Waals surface area contributed by atoms with Crippen molar-refractivity contribution in [1.82, 2.24) is 9.88 Å². The number of hydrogen-bond donors (Lipinski definition) is 1. The van der Waals surface area contributed by atoms with Crippen LogP contribution >= 0.6 is 0 Å². The lowest BCUT2D eigenvalue weighted by atomic mass is 9.95. The Morgan fingerprint density at radius 1 is 0.958 bits per heavy atom. The Balaban J connectivity index is 0.00000169. The van der Waals surface area contributed by atoms with Crippen molar-refractivity contribution in [3.63, 3.8) is 0 Å². The van der Waals surface area contributed by atoms with Crippen LogP contribution in [-0.4, -0.2) is 10.6 Å². The lowest BCUT2D eigenvalue weighted by Gasteiger charge is -2.22. The van der Waals surface area contributed by atoms with Crippen LogP contribution in [0.1, 0.15) is 44.6 Å². The third-order valence-corrected chi connectivity index (χ3v) is 5.35. The van der Waals surface area contributed by atoms with E-state index in [9.17, 15) is 0 Å². The Morgan fingerprint density at radius 2 is 1.71 bits per heavy atom. The van der Waals surface area contributed by atoms with Crippen LogP contribution in [0, 0.1) is 0 Å². The van der Waals surface area contributed by atoms with Gasteiger partial charge in [0, 0.05) is 40.9 Å². The number of para-hydroxylation sites is 1.